The molecule has 3 atom stereocenters. The van der Waals surface area contributed by atoms with Gasteiger partial charge in [-0.05, 0) is 51.5 Å². The summed E-state index contributed by atoms with van der Waals surface area (Å²) in [4.78, 5) is 28.6. The van der Waals surface area contributed by atoms with Crippen LogP contribution < -0.4 is 11.1 Å². The second kappa shape index (κ2) is 13.7. The van der Waals surface area contributed by atoms with Gasteiger partial charge >= 0.3 is 0 Å². The topological polar surface area (TPSA) is 87.9 Å². The quantitative estimate of drug-likeness (QED) is 0.610. The number of piperidine rings is 1. The molecule has 0 saturated carbocycles. The van der Waals surface area contributed by atoms with Gasteiger partial charge in [-0.3, -0.25) is 14.5 Å². The molecule has 2 rings (SSSR count). The monoisotopic (exact) mass is 454 g/mol. The van der Waals surface area contributed by atoms with E-state index in [1.165, 1.54) is 6.42 Å². The molecule has 2 unspecified atom stereocenters. The van der Waals surface area contributed by atoms with Gasteiger partial charge in [-0.25, -0.2) is 0 Å². The molecule has 3 N–H and O–H groups in total. The van der Waals surface area contributed by atoms with Gasteiger partial charge < -0.3 is 20.7 Å². The van der Waals surface area contributed by atoms with Gasteiger partial charge in [-0.15, -0.1) is 24.8 Å². The summed E-state index contributed by atoms with van der Waals surface area (Å²) in [6.45, 7) is 12.8. The number of morpholine rings is 1. The van der Waals surface area contributed by atoms with Crippen LogP contribution in [-0.2, 0) is 14.3 Å². The maximum Gasteiger partial charge on any atom is 0.241 e. The number of hydrogen-bond acceptors (Lipinski definition) is 5. The number of halogens is 2. The van der Waals surface area contributed by atoms with Gasteiger partial charge in [-0.2, -0.15) is 0 Å². The van der Waals surface area contributed by atoms with Gasteiger partial charge in [0.25, 0.3) is 0 Å². The molecule has 7 nitrogen and oxygen atoms in total. The van der Waals surface area contributed by atoms with Crippen LogP contribution in [0.2, 0.25) is 0 Å². The molecule has 0 aromatic heterocycles. The van der Waals surface area contributed by atoms with Crippen LogP contribution in [0.1, 0.15) is 47.0 Å². The first kappa shape index (κ1) is 28.4. The van der Waals surface area contributed by atoms with Crippen molar-refractivity contribution in [2.24, 2.45) is 17.6 Å². The fourth-order valence-electron chi connectivity index (χ4n) is 4.00. The van der Waals surface area contributed by atoms with Crippen molar-refractivity contribution >= 4 is 36.6 Å². The van der Waals surface area contributed by atoms with Gasteiger partial charge in [0.1, 0.15) is 0 Å². The molecule has 2 aliphatic rings. The molecule has 2 saturated heterocycles. The maximum absolute atomic E-state index is 12.3. The minimum absolute atomic E-state index is 0. The van der Waals surface area contributed by atoms with E-state index in [1.54, 1.807) is 0 Å². The average Bonchev–Trinajstić information content (AvgIpc) is 2.63. The van der Waals surface area contributed by atoms with Crippen LogP contribution in [0.5, 0.6) is 0 Å². The molecule has 29 heavy (non-hydrogen) atoms. The summed E-state index contributed by atoms with van der Waals surface area (Å²) in [6, 6.07) is -0.561. The Morgan fingerprint density at radius 3 is 2.17 bits per heavy atom. The lowest BCUT2D eigenvalue weighted by Crippen LogP contribution is -2.49. The van der Waals surface area contributed by atoms with Crippen molar-refractivity contribution in [3.8, 4) is 0 Å². The summed E-state index contributed by atoms with van der Waals surface area (Å²) in [5.74, 6) is 0.482. The third-order valence-corrected chi connectivity index (χ3v) is 5.75. The summed E-state index contributed by atoms with van der Waals surface area (Å²) in [6.07, 6.45) is 3.89. The molecule has 0 aromatic carbocycles. The van der Waals surface area contributed by atoms with Crippen molar-refractivity contribution in [3.63, 3.8) is 0 Å². The van der Waals surface area contributed by atoms with Crippen molar-refractivity contribution in [2.45, 2.75) is 65.2 Å². The second-order valence-corrected chi connectivity index (χ2v) is 8.62. The third-order valence-electron chi connectivity index (χ3n) is 5.75. The fraction of sp³-hybridized carbons (Fsp3) is 0.900. The first-order valence-electron chi connectivity index (χ1n) is 10.4. The maximum atomic E-state index is 12.3. The lowest BCUT2D eigenvalue weighted by atomic mass is 9.93. The normalized spacial score (nSPS) is 24.4. The Kier molecular flexibility index (Phi) is 13.4. The standard InChI is InChI=1S/C20H38N4O3.2ClH/c1-14(2)19(21)20(26)22-11-18(25)24-9-6-17(7-10-24)5-8-23-12-15(3)27-16(4)13-23;;/h14-17,19H,5-13,21H2,1-4H3,(H,22,26);2*1H/t15?,16?,19-;;/m0../s1. The van der Waals surface area contributed by atoms with Crippen molar-refractivity contribution in [1.82, 2.24) is 15.1 Å². The number of carbonyl (C=O) groups is 2. The molecule has 2 heterocycles. The van der Waals surface area contributed by atoms with E-state index in [1.807, 2.05) is 18.7 Å². The average molecular weight is 455 g/mol. The Morgan fingerprint density at radius 2 is 1.66 bits per heavy atom. The van der Waals surface area contributed by atoms with E-state index in [0.717, 1.165) is 45.6 Å². The number of amides is 2. The zero-order chi connectivity index (χ0) is 20.0. The number of nitrogens with two attached hydrogens (primary N) is 1. The van der Waals surface area contributed by atoms with Gasteiger partial charge in [0.2, 0.25) is 11.8 Å². The highest BCUT2D eigenvalue weighted by Gasteiger charge is 2.26. The summed E-state index contributed by atoms with van der Waals surface area (Å²) in [5, 5.41) is 2.67. The molecular weight excluding hydrogens is 415 g/mol. The summed E-state index contributed by atoms with van der Waals surface area (Å²) < 4.78 is 5.79. The lowest BCUT2D eigenvalue weighted by molar-refractivity contribution is -0.134. The summed E-state index contributed by atoms with van der Waals surface area (Å²) in [5.41, 5.74) is 5.81. The van der Waals surface area contributed by atoms with E-state index < -0.39 is 6.04 Å². The van der Waals surface area contributed by atoms with Gasteiger partial charge in [-0.1, -0.05) is 13.8 Å². The smallest absolute Gasteiger partial charge is 0.241 e. The fourth-order valence-corrected chi connectivity index (χ4v) is 4.00. The largest absolute Gasteiger partial charge is 0.373 e. The predicted molar refractivity (Wildman–Crippen MR) is 121 cm³/mol. The number of nitrogens with zero attached hydrogens (tertiary/aromatic N) is 2. The molecule has 0 aromatic rings. The Hall–Kier alpha value is -0.600. The highest BCUT2D eigenvalue weighted by atomic mass is 35.5. The number of rotatable bonds is 7. The van der Waals surface area contributed by atoms with Crippen LogP contribution in [-0.4, -0.2) is 79.1 Å². The van der Waals surface area contributed by atoms with Gasteiger partial charge in [0.15, 0.2) is 0 Å². The minimum atomic E-state index is -0.561. The Morgan fingerprint density at radius 1 is 1.10 bits per heavy atom. The molecule has 0 aliphatic carbocycles. The van der Waals surface area contributed by atoms with E-state index in [9.17, 15) is 9.59 Å². The summed E-state index contributed by atoms with van der Waals surface area (Å²) in [7, 11) is 0. The van der Waals surface area contributed by atoms with Crippen molar-refractivity contribution in [2.75, 3.05) is 39.3 Å². The van der Waals surface area contributed by atoms with Crippen LogP contribution in [0.15, 0.2) is 0 Å². The SMILES string of the molecule is CC1CN(CCC2CCN(C(=O)CNC(=O)[C@@H](N)C(C)C)CC2)CC(C)O1.Cl.Cl. The molecular formula is C20H40Cl2N4O3. The first-order chi connectivity index (χ1) is 12.8. The molecule has 0 radical (unpaired) electrons. The van der Waals surface area contributed by atoms with E-state index in [4.69, 9.17) is 10.5 Å². The first-order valence-corrected chi connectivity index (χ1v) is 10.4. The van der Waals surface area contributed by atoms with E-state index in [2.05, 4.69) is 24.1 Å². The zero-order valence-corrected chi connectivity index (χ0v) is 19.9. The summed E-state index contributed by atoms with van der Waals surface area (Å²) >= 11 is 0. The number of nitrogens with one attached hydrogen (secondary N) is 1. The second-order valence-electron chi connectivity index (χ2n) is 8.62. The van der Waals surface area contributed by atoms with E-state index in [-0.39, 0.29) is 49.1 Å². The third kappa shape index (κ3) is 9.39. The number of likely N-dealkylation sites (tertiary alicyclic amines) is 1. The molecule has 2 aliphatic heterocycles. The molecule has 0 bridgehead atoms. The van der Waals surface area contributed by atoms with Crippen molar-refractivity contribution in [3.05, 3.63) is 0 Å². The van der Waals surface area contributed by atoms with Gasteiger partial charge in [0.05, 0.1) is 24.8 Å². The number of hydrogen-bond donors (Lipinski definition) is 2. The van der Waals surface area contributed by atoms with Crippen LogP contribution in [0, 0.1) is 11.8 Å². The van der Waals surface area contributed by atoms with Crippen molar-refractivity contribution < 1.29 is 14.3 Å². The van der Waals surface area contributed by atoms with Crippen LogP contribution in [0.4, 0.5) is 0 Å². The van der Waals surface area contributed by atoms with Crippen LogP contribution in [0.3, 0.4) is 0 Å². The molecule has 9 heteroatoms. The Bertz CT molecular complexity index is 492. The molecule has 2 amide bonds. The van der Waals surface area contributed by atoms with Crippen molar-refractivity contribution in [1.29, 1.82) is 0 Å². The zero-order valence-electron chi connectivity index (χ0n) is 18.3. The van der Waals surface area contributed by atoms with E-state index >= 15 is 0 Å². The highest BCUT2D eigenvalue weighted by Crippen LogP contribution is 2.22. The van der Waals surface area contributed by atoms with Crippen LogP contribution in [0.25, 0.3) is 0 Å². The molecule has 0 spiro atoms. The highest BCUT2D eigenvalue weighted by molar-refractivity contribution is 5.87. The minimum Gasteiger partial charge on any atom is -0.373 e. The van der Waals surface area contributed by atoms with E-state index in [0.29, 0.717) is 18.1 Å². The lowest BCUT2D eigenvalue weighted by Gasteiger charge is -2.37. The molecule has 172 valence electrons. The van der Waals surface area contributed by atoms with Gasteiger partial charge in [0, 0.05) is 26.2 Å². The Balaban J connectivity index is 0.00000392. The van der Waals surface area contributed by atoms with Crippen LogP contribution >= 0.6 is 24.8 Å². The predicted octanol–water partition coefficient (Wildman–Crippen LogP) is 1.67. The molecule has 2 fully saturated rings. The number of carbonyl (C=O) groups excluding carboxylic acids is 2. The Labute approximate surface area is 188 Å². The number of ether oxygens (including phenoxy) is 1.